The molecule has 0 saturated carbocycles. The molecule has 188 valence electrons. The van der Waals surface area contributed by atoms with Crippen molar-refractivity contribution < 1.29 is 23.5 Å². The first-order valence-electron chi connectivity index (χ1n) is 11.8. The smallest absolute Gasteiger partial charge is 0.247 e. The number of hydrogen-bond acceptors (Lipinski definition) is 5. The molecule has 2 heterocycles. The molecule has 0 aliphatic carbocycles. The summed E-state index contributed by atoms with van der Waals surface area (Å²) < 4.78 is 19.4. The number of nitrogens with zero attached hydrogens (tertiary/aromatic N) is 2. The van der Waals surface area contributed by atoms with Crippen LogP contribution in [0.5, 0.6) is 0 Å². The van der Waals surface area contributed by atoms with Crippen LogP contribution in [0.2, 0.25) is 0 Å². The second-order valence-corrected chi connectivity index (χ2v) is 9.64. The highest BCUT2D eigenvalue weighted by Crippen LogP contribution is 2.26. The van der Waals surface area contributed by atoms with E-state index < -0.39 is 17.4 Å². The third-order valence-corrected chi connectivity index (χ3v) is 5.49. The van der Waals surface area contributed by atoms with Gasteiger partial charge in [0.05, 0.1) is 6.10 Å². The van der Waals surface area contributed by atoms with Crippen LogP contribution >= 0.6 is 0 Å². The van der Waals surface area contributed by atoms with Crippen molar-refractivity contribution in [2.24, 2.45) is 0 Å². The molecule has 1 aromatic heterocycles. The number of rotatable bonds is 9. The van der Waals surface area contributed by atoms with Crippen molar-refractivity contribution in [3.63, 3.8) is 0 Å². The van der Waals surface area contributed by atoms with Gasteiger partial charge in [0, 0.05) is 37.7 Å². The maximum Gasteiger partial charge on any atom is 0.247 e. The Bertz CT molecular complexity index is 1000. The van der Waals surface area contributed by atoms with Crippen molar-refractivity contribution in [1.82, 2.24) is 15.2 Å². The van der Waals surface area contributed by atoms with Gasteiger partial charge in [-0.3, -0.25) is 14.4 Å². The van der Waals surface area contributed by atoms with E-state index in [1.54, 1.807) is 24.4 Å². The highest BCUT2D eigenvalue weighted by molar-refractivity contribution is 5.94. The molecule has 3 rings (SSSR count). The average Bonchev–Trinajstić information content (AvgIpc) is 3.31. The Hall–Kier alpha value is -3.33. The van der Waals surface area contributed by atoms with Crippen molar-refractivity contribution in [1.29, 1.82) is 0 Å². The number of aromatic nitrogens is 1. The summed E-state index contributed by atoms with van der Waals surface area (Å²) in [7, 11) is 0. The molecule has 8 nitrogen and oxygen atoms in total. The second-order valence-electron chi connectivity index (χ2n) is 9.64. The molecule has 1 aliphatic heterocycles. The first-order chi connectivity index (χ1) is 16.6. The third kappa shape index (κ3) is 8.13. The largest absolute Gasteiger partial charge is 0.376 e. The molecule has 1 saturated heterocycles. The van der Waals surface area contributed by atoms with Crippen LogP contribution in [0, 0.1) is 5.82 Å². The van der Waals surface area contributed by atoms with Crippen molar-refractivity contribution in [2.75, 3.05) is 18.5 Å². The summed E-state index contributed by atoms with van der Waals surface area (Å²) in [5.41, 5.74) is -0.0614. The van der Waals surface area contributed by atoms with E-state index in [2.05, 4.69) is 15.6 Å². The zero-order valence-corrected chi connectivity index (χ0v) is 20.4. The van der Waals surface area contributed by atoms with E-state index in [9.17, 15) is 18.8 Å². The zero-order valence-electron chi connectivity index (χ0n) is 20.4. The summed E-state index contributed by atoms with van der Waals surface area (Å²) in [6.45, 7) is 6.33. The number of anilines is 1. The van der Waals surface area contributed by atoms with Gasteiger partial charge < -0.3 is 20.3 Å². The van der Waals surface area contributed by atoms with Gasteiger partial charge in [0.25, 0.3) is 0 Å². The summed E-state index contributed by atoms with van der Waals surface area (Å²) in [4.78, 5) is 44.8. The minimum absolute atomic E-state index is 0.0749. The molecule has 0 unspecified atom stereocenters. The van der Waals surface area contributed by atoms with Gasteiger partial charge >= 0.3 is 0 Å². The Morgan fingerprint density at radius 2 is 1.89 bits per heavy atom. The van der Waals surface area contributed by atoms with E-state index in [-0.39, 0.29) is 43.2 Å². The number of ether oxygens (including phenoxy) is 1. The van der Waals surface area contributed by atoms with Crippen LogP contribution < -0.4 is 10.6 Å². The monoisotopic (exact) mass is 484 g/mol. The van der Waals surface area contributed by atoms with E-state index in [0.717, 1.165) is 12.8 Å². The number of hydrogen-bond donors (Lipinski definition) is 2. The Labute approximate surface area is 205 Å². The topological polar surface area (TPSA) is 101 Å². The minimum Gasteiger partial charge on any atom is -0.376 e. The van der Waals surface area contributed by atoms with Gasteiger partial charge in [-0.15, -0.1) is 0 Å². The number of benzene rings is 1. The SMILES string of the molecule is CC(C)(C)NC(=O)[C@@H](c1ccc(F)cc1)N(C[C@@H]1CCCO1)C(=O)CCC(=O)Nc1ccccn1. The lowest BCUT2D eigenvalue weighted by molar-refractivity contribution is -0.143. The highest BCUT2D eigenvalue weighted by atomic mass is 19.1. The lowest BCUT2D eigenvalue weighted by Gasteiger charge is -2.35. The first-order valence-corrected chi connectivity index (χ1v) is 11.8. The van der Waals surface area contributed by atoms with Crippen LogP contribution in [0.4, 0.5) is 10.2 Å². The maximum absolute atomic E-state index is 13.6. The van der Waals surface area contributed by atoms with Crippen molar-refractivity contribution in [3.8, 4) is 0 Å². The fourth-order valence-electron chi connectivity index (χ4n) is 3.92. The quantitative estimate of drug-likeness (QED) is 0.566. The number of amides is 3. The van der Waals surface area contributed by atoms with E-state index in [0.29, 0.717) is 18.0 Å². The molecular formula is C26H33FN4O4. The lowest BCUT2D eigenvalue weighted by atomic mass is 10.00. The summed E-state index contributed by atoms with van der Waals surface area (Å²) in [5, 5.41) is 5.60. The molecule has 0 bridgehead atoms. The molecule has 1 aromatic carbocycles. The fraction of sp³-hybridized carbons (Fsp3) is 0.462. The molecule has 2 N–H and O–H groups in total. The lowest BCUT2D eigenvalue weighted by Crippen LogP contribution is -2.50. The number of carbonyl (C=O) groups excluding carboxylic acids is 3. The van der Waals surface area contributed by atoms with Gasteiger partial charge in [0.2, 0.25) is 17.7 Å². The average molecular weight is 485 g/mol. The van der Waals surface area contributed by atoms with Gasteiger partial charge in [-0.2, -0.15) is 0 Å². The van der Waals surface area contributed by atoms with E-state index in [1.165, 1.54) is 29.2 Å². The number of halogens is 1. The van der Waals surface area contributed by atoms with Gasteiger partial charge in [-0.1, -0.05) is 18.2 Å². The zero-order chi connectivity index (χ0) is 25.4. The summed E-state index contributed by atoms with van der Waals surface area (Å²) >= 11 is 0. The van der Waals surface area contributed by atoms with Crippen molar-refractivity contribution in [2.45, 2.75) is 64.1 Å². The van der Waals surface area contributed by atoms with E-state index >= 15 is 0 Å². The number of nitrogens with one attached hydrogen (secondary N) is 2. The maximum atomic E-state index is 13.6. The predicted octanol–water partition coefficient (Wildman–Crippen LogP) is 3.60. The van der Waals surface area contributed by atoms with Crippen LogP contribution in [0.3, 0.4) is 0 Å². The Morgan fingerprint density at radius 3 is 2.49 bits per heavy atom. The van der Waals surface area contributed by atoms with Gasteiger partial charge in [-0.05, 0) is 63.4 Å². The summed E-state index contributed by atoms with van der Waals surface area (Å²) in [5.74, 6) is -1.14. The first kappa shape index (κ1) is 26.3. The molecular weight excluding hydrogens is 451 g/mol. The fourth-order valence-corrected chi connectivity index (χ4v) is 3.92. The molecule has 0 radical (unpaired) electrons. The molecule has 9 heteroatoms. The van der Waals surface area contributed by atoms with Crippen molar-refractivity contribution in [3.05, 3.63) is 60.0 Å². The Morgan fingerprint density at radius 1 is 1.14 bits per heavy atom. The van der Waals surface area contributed by atoms with Crippen LogP contribution in [-0.2, 0) is 19.1 Å². The molecule has 0 spiro atoms. The normalized spacial score (nSPS) is 16.4. The van der Waals surface area contributed by atoms with Crippen LogP contribution in [0.1, 0.15) is 58.1 Å². The molecule has 1 fully saturated rings. The number of carbonyl (C=O) groups is 3. The third-order valence-electron chi connectivity index (χ3n) is 5.49. The molecule has 2 atom stereocenters. The highest BCUT2D eigenvalue weighted by Gasteiger charge is 2.35. The van der Waals surface area contributed by atoms with Gasteiger partial charge in [-0.25, -0.2) is 9.37 Å². The Balaban J connectivity index is 1.82. The van der Waals surface area contributed by atoms with Crippen LogP contribution in [-0.4, -0.2) is 52.4 Å². The van der Waals surface area contributed by atoms with E-state index in [1.807, 2.05) is 20.8 Å². The van der Waals surface area contributed by atoms with Gasteiger partial charge in [0.1, 0.15) is 17.7 Å². The minimum atomic E-state index is -0.995. The molecule has 35 heavy (non-hydrogen) atoms. The molecule has 2 aromatic rings. The van der Waals surface area contributed by atoms with Gasteiger partial charge in [0.15, 0.2) is 0 Å². The second kappa shape index (κ2) is 11.9. The Kier molecular flexibility index (Phi) is 8.92. The summed E-state index contributed by atoms with van der Waals surface area (Å²) in [6, 6.07) is 9.69. The molecule has 3 amide bonds. The molecule has 1 aliphatic rings. The van der Waals surface area contributed by atoms with E-state index in [4.69, 9.17) is 4.74 Å². The summed E-state index contributed by atoms with van der Waals surface area (Å²) in [6.07, 6.45) is 2.80. The van der Waals surface area contributed by atoms with Crippen LogP contribution in [0.15, 0.2) is 48.7 Å². The van der Waals surface area contributed by atoms with Crippen molar-refractivity contribution >= 4 is 23.5 Å². The standard InChI is InChI=1S/C26H33FN4O4/c1-26(2,3)30-25(34)24(18-9-11-19(27)12-10-18)31(17-20-7-6-16-35-20)23(33)14-13-22(32)29-21-8-4-5-15-28-21/h4-5,8-12,15,20,24H,6-7,13-14,16-17H2,1-3H3,(H,30,34)(H,28,29,32)/t20-,24+/m0/s1. The predicted molar refractivity (Wildman–Crippen MR) is 130 cm³/mol. The van der Waals surface area contributed by atoms with Crippen LogP contribution in [0.25, 0.3) is 0 Å². The number of pyridine rings is 1.